The molecule has 8 nitrogen and oxygen atoms in total. The molecule has 1 aromatic carbocycles. The molecule has 1 aliphatic heterocycles. The van der Waals surface area contributed by atoms with Crippen molar-refractivity contribution in [1.29, 1.82) is 5.26 Å². The summed E-state index contributed by atoms with van der Waals surface area (Å²) in [5.41, 5.74) is 2.76. The molecule has 0 aliphatic carbocycles. The van der Waals surface area contributed by atoms with Gasteiger partial charge in [0.05, 0.1) is 23.7 Å². The molecule has 1 aliphatic rings. The highest BCUT2D eigenvalue weighted by atomic mass is 35.5. The summed E-state index contributed by atoms with van der Waals surface area (Å²) in [5.74, 6) is 0. The molecule has 0 atom stereocenters. The van der Waals surface area contributed by atoms with Crippen molar-refractivity contribution in [2.45, 2.75) is 39.3 Å². The molecule has 2 aromatic heterocycles. The van der Waals surface area contributed by atoms with Crippen molar-refractivity contribution < 1.29 is 14.3 Å². The molecule has 3 heterocycles. The van der Waals surface area contributed by atoms with Gasteiger partial charge in [0.25, 0.3) is 0 Å². The molecule has 3 aromatic rings. The maximum absolute atomic E-state index is 13.6. The minimum Gasteiger partial charge on any atom is -0.444 e. The van der Waals surface area contributed by atoms with Crippen molar-refractivity contribution in [2.24, 2.45) is 0 Å². The molecule has 170 valence electrons. The van der Waals surface area contributed by atoms with Gasteiger partial charge in [-0.15, -0.1) is 0 Å². The molecule has 2 amide bonds. The first-order valence-electron chi connectivity index (χ1n) is 10.5. The molecule has 9 heteroatoms. The fourth-order valence-corrected chi connectivity index (χ4v) is 4.16. The summed E-state index contributed by atoms with van der Waals surface area (Å²) < 4.78 is 7.18. The summed E-state index contributed by atoms with van der Waals surface area (Å²) in [6.45, 7) is 6.22. The van der Waals surface area contributed by atoms with Gasteiger partial charge in [-0.2, -0.15) is 5.26 Å². The number of aromatic nitrogens is 2. The second kappa shape index (κ2) is 8.41. The zero-order valence-corrected chi connectivity index (χ0v) is 19.7. The fourth-order valence-electron chi connectivity index (χ4n) is 3.99. The molecule has 4 rings (SSSR count). The summed E-state index contributed by atoms with van der Waals surface area (Å²) in [5, 5.41) is 10.5. The first-order valence-corrected chi connectivity index (χ1v) is 10.9. The van der Waals surface area contributed by atoms with E-state index in [0.29, 0.717) is 36.3 Å². The summed E-state index contributed by atoms with van der Waals surface area (Å²) >= 11 is 6.02. The zero-order chi connectivity index (χ0) is 23.9. The Kier molecular flexibility index (Phi) is 5.76. The predicted octanol–water partition coefficient (Wildman–Crippen LogP) is 4.96. The second-order valence-electron chi connectivity index (χ2n) is 8.93. The monoisotopic (exact) mass is 465 g/mol. The molecular formula is C24H24ClN5O3. The van der Waals surface area contributed by atoms with Gasteiger partial charge >= 0.3 is 12.1 Å². The number of hydrogen-bond donors (Lipinski definition) is 0. The van der Waals surface area contributed by atoms with Crippen LogP contribution in [0.15, 0.2) is 36.5 Å². The third kappa shape index (κ3) is 4.37. The quantitative estimate of drug-likeness (QED) is 0.474. The predicted molar refractivity (Wildman–Crippen MR) is 125 cm³/mol. The SMILES string of the molecule is CN(C(=O)n1c2c(c3ccc(C#N)cc31)CN(C(=O)OC(C)(C)C)CC2)c1ccnc(Cl)c1. The Morgan fingerprint density at radius 2 is 2.00 bits per heavy atom. The zero-order valence-electron chi connectivity index (χ0n) is 18.9. The van der Waals surface area contributed by atoms with Gasteiger partial charge in [-0.1, -0.05) is 17.7 Å². The van der Waals surface area contributed by atoms with Crippen LogP contribution in [0.4, 0.5) is 15.3 Å². The van der Waals surface area contributed by atoms with Crippen molar-refractivity contribution in [1.82, 2.24) is 14.5 Å². The summed E-state index contributed by atoms with van der Waals surface area (Å²) in [6.07, 6.45) is 1.62. The van der Waals surface area contributed by atoms with Gasteiger partial charge in [-0.3, -0.25) is 9.47 Å². The number of carbonyl (C=O) groups excluding carboxylic acids is 2. The summed E-state index contributed by atoms with van der Waals surface area (Å²) in [4.78, 5) is 33.4. The minimum absolute atomic E-state index is 0.284. The van der Waals surface area contributed by atoms with Crippen LogP contribution >= 0.6 is 11.6 Å². The maximum atomic E-state index is 13.6. The smallest absolute Gasteiger partial charge is 0.410 e. The minimum atomic E-state index is -0.600. The molecule has 0 saturated carbocycles. The summed E-state index contributed by atoms with van der Waals surface area (Å²) in [7, 11) is 1.66. The van der Waals surface area contributed by atoms with Gasteiger partial charge in [0, 0.05) is 48.5 Å². The van der Waals surface area contributed by atoms with E-state index in [1.165, 1.54) is 11.1 Å². The Hall–Kier alpha value is -3.57. The van der Waals surface area contributed by atoms with Crippen LogP contribution in [0.3, 0.4) is 0 Å². The Bertz CT molecular complexity index is 1300. The van der Waals surface area contributed by atoms with Crippen LogP contribution in [0.5, 0.6) is 0 Å². The van der Waals surface area contributed by atoms with Crippen LogP contribution in [0.2, 0.25) is 5.15 Å². The maximum Gasteiger partial charge on any atom is 0.410 e. The van der Waals surface area contributed by atoms with Crippen LogP contribution in [-0.4, -0.2) is 45.8 Å². The standard InChI is InChI=1S/C24H24ClN5O3/c1-24(2,3)33-23(32)29-10-8-19-18(14-29)17-6-5-15(13-26)11-20(17)30(19)22(31)28(4)16-7-9-27-21(25)12-16/h5-7,9,11-12H,8,10,14H2,1-4H3. The Morgan fingerprint density at radius 1 is 1.24 bits per heavy atom. The van der Waals surface area contributed by atoms with Crippen molar-refractivity contribution in [3.05, 3.63) is 58.5 Å². The number of amides is 2. The van der Waals surface area contributed by atoms with Crippen LogP contribution in [0.1, 0.15) is 37.6 Å². The van der Waals surface area contributed by atoms with Crippen LogP contribution < -0.4 is 4.90 Å². The number of anilines is 1. The molecule has 0 bridgehead atoms. The highest BCUT2D eigenvalue weighted by Gasteiger charge is 2.32. The second-order valence-corrected chi connectivity index (χ2v) is 9.32. The van der Waals surface area contributed by atoms with Gasteiger partial charge in [-0.05, 0) is 45.0 Å². The third-order valence-corrected chi connectivity index (χ3v) is 5.71. The molecule has 0 unspecified atom stereocenters. The lowest BCUT2D eigenvalue weighted by atomic mass is 10.0. The average molecular weight is 466 g/mol. The molecule has 0 fully saturated rings. The van der Waals surface area contributed by atoms with Gasteiger partial charge in [-0.25, -0.2) is 14.6 Å². The third-order valence-electron chi connectivity index (χ3n) is 5.51. The van der Waals surface area contributed by atoms with Gasteiger partial charge in [0.2, 0.25) is 0 Å². The summed E-state index contributed by atoms with van der Waals surface area (Å²) in [6, 6.07) is 10.4. The number of halogens is 1. The first kappa shape index (κ1) is 22.6. The average Bonchev–Trinajstić information content (AvgIpc) is 3.09. The lowest BCUT2D eigenvalue weighted by Crippen LogP contribution is -2.41. The van der Waals surface area contributed by atoms with E-state index in [4.69, 9.17) is 16.3 Å². The van der Waals surface area contributed by atoms with Gasteiger partial charge < -0.3 is 9.64 Å². The van der Waals surface area contributed by atoms with Crippen molar-refractivity contribution in [3.63, 3.8) is 0 Å². The van der Waals surface area contributed by atoms with E-state index < -0.39 is 11.7 Å². The van der Waals surface area contributed by atoms with Crippen LogP contribution in [-0.2, 0) is 17.7 Å². The lowest BCUT2D eigenvalue weighted by Gasteiger charge is -2.31. The molecule has 33 heavy (non-hydrogen) atoms. The highest BCUT2D eigenvalue weighted by molar-refractivity contribution is 6.29. The Morgan fingerprint density at radius 3 is 2.67 bits per heavy atom. The van der Waals surface area contributed by atoms with Gasteiger partial charge in [0.1, 0.15) is 10.8 Å². The van der Waals surface area contributed by atoms with Crippen LogP contribution in [0, 0.1) is 11.3 Å². The lowest BCUT2D eigenvalue weighted by molar-refractivity contribution is 0.0224. The van der Waals surface area contributed by atoms with E-state index >= 15 is 0 Å². The number of rotatable bonds is 1. The number of benzene rings is 1. The normalized spacial score (nSPS) is 13.4. The first-order chi connectivity index (χ1) is 15.6. The Labute approximate surface area is 196 Å². The number of carbonyl (C=O) groups is 2. The fraction of sp³-hybridized carbons (Fsp3) is 0.333. The molecule has 0 spiro atoms. The molecular weight excluding hydrogens is 442 g/mol. The molecule has 0 radical (unpaired) electrons. The van der Waals surface area contributed by atoms with Crippen LogP contribution in [0.25, 0.3) is 10.9 Å². The van der Waals surface area contributed by atoms with Crippen molar-refractivity contribution >= 4 is 40.3 Å². The highest BCUT2D eigenvalue weighted by Crippen LogP contribution is 2.33. The van der Waals surface area contributed by atoms with E-state index in [9.17, 15) is 14.9 Å². The number of nitriles is 1. The van der Waals surface area contributed by atoms with E-state index in [2.05, 4.69) is 11.1 Å². The molecule has 0 N–H and O–H groups in total. The number of nitrogens with zero attached hydrogens (tertiary/aromatic N) is 5. The number of fused-ring (bicyclic) bond motifs is 3. The Balaban J connectivity index is 1.79. The van der Waals surface area contributed by atoms with Crippen molar-refractivity contribution in [3.8, 4) is 6.07 Å². The largest absolute Gasteiger partial charge is 0.444 e. The van der Waals surface area contributed by atoms with E-state index in [0.717, 1.165) is 16.6 Å². The van der Waals surface area contributed by atoms with E-state index in [1.54, 1.807) is 40.8 Å². The van der Waals surface area contributed by atoms with E-state index in [1.807, 2.05) is 26.8 Å². The molecule has 0 saturated heterocycles. The number of hydrogen-bond acceptors (Lipinski definition) is 5. The van der Waals surface area contributed by atoms with E-state index in [-0.39, 0.29) is 11.2 Å². The number of pyridine rings is 1. The number of ether oxygens (including phenoxy) is 1. The van der Waals surface area contributed by atoms with Gasteiger partial charge in [0.15, 0.2) is 0 Å². The van der Waals surface area contributed by atoms with Crippen molar-refractivity contribution in [2.75, 3.05) is 18.5 Å². The topological polar surface area (TPSA) is 91.5 Å².